The Bertz CT molecular complexity index is 344. The maximum Gasteiger partial charge on any atom is 0.191 e. The van der Waals surface area contributed by atoms with Gasteiger partial charge >= 0.3 is 0 Å². The van der Waals surface area contributed by atoms with Crippen LogP contribution in [0.4, 0.5) is 0 Å². The van der Waals surface area contributed by atoms with Crippen molar-refractivity contribution >= 4 is 5.78 Å². The summed E-state index contributed by atoms with van der Waals surface area (Å²) in [5.74, 6) is 0.0969. The average molecular weight is 220 g/mol. The largest absolute Gasteiger partial charge is 0.370 e. The molecule has 0 aliphatic heterocycles. The van der Waals surface area contributed by atoms with E-state index in [1.165, 1.54) is 5.56 Å². The van der Waals surface area contributed by atoms with E-state index in [9.17, 15) is 4.79 Å². The Kier molecular flexibility index (Phi) is 5.20. The van der Waals surface area contributed by atoms with Crippen molar-refractivity contribution in [3.05, 3.63) is 35.4 Å². The molecule has 0 bridgehead atoms. The van der Waals surface area contributed by atoms with Crippen molar-refractivity contribution in [1.29, 1.82) is 0 Å². The third-order valence-corrected chi connectivity index (χ3v) is 2.65. The highest BCUT2D eigenvalue weighted by Crippen LogP contribution is 2.12. The van der Waals surface area contributed by atoms with Gasteiger partial charge in [0.25, 0.3) is 0 Å². The van der Waals surface area contributed by atoms with E-state index in [0.717, 1.165) is 18.4 Å². The Morgan fingerprint density at radius 1 is 1.31 bits per heavy atom. The van der Waals surface area contributed by atoms with Crippen molar-refractivity contribution in [1.82, 2.24) is 0 Å². The molecule has 0 N–H and O–H groups in total. The van der Waals surface area contributed by atoms with Crippen molar-refractivity contribution < 1.29 is 9.53 Å². The van der Waals surface area contributed by atoms with Crippen LogP contribution in [-0.2, 0) is 11.2 Å². The number of carbonyl (C=O) groups is 1. The highest BCUT2D eigenvalue weighted by molar-refractivity contribution is 5.99. The monoisotopic (exact) mass is 220 g/mol. The number of hydrogen-bond donors (Lipinski definition) is 0. The van der Waals surface area contributed by atoms with Crippen LogP contribution in [0.15, 0.2) is 24.3 Å². The van der Waals surface area contributed by atoms with Crippen molar-refractivity contribution in [2.24, 2.45) is 0 Å². The molecular weight excluding hydrogens is 200 g/mol. The van der Waals surface area contributed by atoms with Crippen LogP contribution in [0, 0.1) is 0 Å². The van der Waals surface area contributed by atoms with Crippen molar-refractivity contribution in [2.75, 3.05) is 6.61 Å². The second-order valence-electron chi connectivity index (χ2n) is 3.77. The maximum atomic E-state index is 12.1. The van der Waals surface area contributed by atoms with Crippen molar-refractivity contribution in [3.63, 3.8) is 0 Å². The molecule has 2 heteroatoms. The van der Waals surface area contributed by atoms with Gasteiger partial charge in [0.2, 0.25) is 0 Å². The molecule has 0 radical (unpaired) electrons. The van der Waals surface area contributed by atoms with E-state index in [1.807, 2.05) is 38.1 Å². The maximum absolute atomic E-state index is 12.1. The molecule has 1 unspecified atom stereocenters. The summed E-state index contributed by atoms with van der Waals surface area (Å²) in [7, 11) is 0. The second-order valence-corrected chi connectivity index (χ2v) is 3.77. The molecule has 0 spiro atoms. The van der Waals surface area contributed by atoms with Gasteiger partial charge in [0, 0.05) is 12.2 Å². The molecular formula is C14H20O2. The van der Waals surface area contributed by atoms with Gasteiger partial charge < -0.3 is 4.74 Å². The standard InChI is InChI=1S/C14H20O2/c1-4-11-8-7-9-12(10-11)14(15)13(5-2)16-6-3/h7-10,13H,4-6H2,1-3H3. The van der Waals surface area contributed by atoms with Gasteiger partial charge in [0.15, 0.2) is 5.78 Å². The molecule has 0 saturated carbocycles. The molecule has 1 rings (SSSR count). The summed E-state index contributed by atoms with van der Waals surface area (Å²) < 4.78 is 5.43. The lowest BCUT2D eigenvalue weighted by Gasteiger charge is -2.14. The summed E-state index contributed by atoms with van der Waals surface area (Å²) in [6.07, 6.45) is 1.38. The Labute approximate surface area is 97.6 Å². The average Bonchev–Trinajstić information content (AvgIpc) is 2.35. The molecule has 16 heavy (non-hydrogen) atoms. The van der Waals surface area contributed by atoms with Crippen LogP contribution in [0.1, 0.15) is 43.1 Å². The first-order chi connectivity index (χ1) is 7.72. The fourth-order valence-electron chi connectivity index (χ4n) is 1.71. The van der Waals surface area contributed by atoms with E-state index < -0.39 is 0 Å². The van der Waals surface area contributed by atoms with Crippen LogP contribution < -0.4 is 0 Å². The Balaban J connectivity index is 2.85. The molecule has 88 valence electrons. The first-order valence-electron chi connectivity index (χ1n) is 5.97. The molecule has 0 aliphatic carbocycles. The fraction of sp³-hybridized carbons (Fsp3) is 0.500. The van der Waals surface area contributed by atoms with Crippen LogP contribution in [0.5, 0.6) is 0 Å². The predicted molar refractivity (Wildman–Crippen MR) is 65.9 cm³/mol. The molecule has 0 saturated heterocycles. The van der Waals surface area contributed by atoms with Crippen molar-refractivity contribution in [2.45, 2.75) is 39.7 Å². The predicted octanol–water partition coefficient (Wildman–Crippen LogP) is 3.25. The Hall–Kier alpha value is -1.15. The molecule has 0 fully saturated rings. The second kappa shape index (κ2) is 6.44. The summed E-state index contributed by atoms with van der Waals surface area (Å²) in [4.78, 5) is 12.1. The summed E-state index contributed by atoms with van der Waals surface area (Å²) in [5, 5.41) is 0. The molecule has 1 aromatic carbocycles. The minimum Gasteiger partial charge on any atom is -0.370 e. The van der Waals surface area contributed by atoms with Gasteiger partial charge in [0.1, 0.15) is 6.10 Å². The molecule has 0 amide bonds. The van der Waals surface area contributed by atoms with E-state index in [0.29, 0.717) is 6.61 Å². The van der Waals surface area contributed by atoms with Crippen LogP contribution in [-0.4, -0.2) is 18.5 Å². The Morgan fingerprint density at radius 2 is 2.06 bits per heavy atom. The normalized spacial score (nSPS) is 12.4. The van der Waals surface area contributed by atoms with Crippen LogP contribution in [0.3, 0.4) is 0 Å². The number of aryl methyl sites for hydroxylation is 1. The summed E-state index contributed by atoms with van der Waals surface area (Å²) in [6.45, 7) is 6.56. The highest BCUT2D eigenvalue weighted by atomic mass is 16.5. The number of Topliss-reactive ketones (excluding diaryl/α,β-unsaturated/α-hetero) is 1. The summed E-state index contributed by atoms with van der Waals surface area (Å²) >= 11 is 0. The first kappa shape index (κ1) is 12.9. The first-order valence-corrected chi connectivity index (χ1v) is 5.97. The zero-order chi connectivity index (χ0) is 12.0. The topological polar surface area (TPSA) is 26.3 Å². The third kappa shape index (κ3) is 3.17. The number of ether oxygens (including phenoxy) is 1. The zero-order valence-corrected chi connectivity index (χ0v) is 10.3. The SMILES string of the molecule is CCOC(CC)C(=O)c1cccc(CC)c1. The van der Waals surface area contributed by atoms with Gasteiger partial charge in [-0.2, -0.15) is 0 Å². The number of ketones is 1. The van der Waals surface area contributed by atoms with E-state index in [4.69, 9.17) is 4.74 Å². The van der Waals surface area contributed by atoms with Gasteiger partial charge in [-0.1, -0.05) is 32.0 Å². The van der Waals surface area contributed by atoms with E-state index >= 15 is 0 Å². The van der Waals surface area contributed by atoms with E-state index in [1.54, 1.807) is 0 Å². The third-order valence-electron chi connectivity index (χ3n) is 2.65. The smallest absolute Gasteiger partial charge is 0.191 e. The van der Waals surface area contributed by atoms with Gasteiger partial charge in [-0.15, -0.1) is 0 Å². The molecule has 0 heterocycles. The number of hydrogen-bond acceptors (Lipinski definition) is 2. The van der Waals surface area contributed by atoms with Crippen LogP contribution >= 0.6 is 0 Å². The Morgan fingerprint density at radius 3 is 2.62 bits per heavy atom. The van der Waals surface area contributed by atoms with E-state index in [2.05, 4.69) is 6.92 Å². The highest BCUT2D eigenvalue weighted by Gasteiger charge is 2.18. The quantitative estimate of drug-likeness (QED) is 0.688. The fourth-order valence-corrected chi connectivity index (χ4v) is 1.71. The van der Waals surface area contributed by atoms with Gasteiger partial charge in [-0.25, -0.2) is 0 Å². The molecule has 0 aliphatic rings. The lowest BCUT2D eigenvalue weighted by atomic mass is 10.0. The minimum absolute atomic E-state index is 0.0969. The molecule has 1 aromatic rings. The summed E-state index contributed by atoms with van der Waals surface area (Å²) in [6, 6.07) is 7.80. The lowest BCUT2D eigenvalue weighted by molar-refractivity contribution is 0.0444. The van der Waals surface area contributed by atoms with Crippen LogP contribution in [0.25, 0.3) is 0 Å². The van der Waals surface area contributed by atoms with E-state index in [-0.39, 0.29) is 11.9 Å². The van der Waals surface area contributed by atoms with Gasteiger partial charge in [0.05, 0.1) is 0 Å². The van der Waals surface area contributed by atoms with Crippen LogP contribution in [0.2, 0.25) is 0 Å². The molecule has 1 atom stereocenters. The molecule has 0 aromatic heterocycles. The lowest BCUT2D eigenvalue weighted by Crippen LogP contribution is -2.23. The van der Waals surface area contributed by atoms with Gasteiger partial charge in [-0.05, 0) is 31.4 Å². The minimum atomic E-state index is -0.294. The van der Waals surface area contributed by atoms with Gasteiger partial charge in [-0.3, -0.25) is 4.79 Å². The number of carbonyl (C=O) groups excluding carboxylic acids is 1. The number of rotatable bonds is 6. The molecule has 2 nitrogen and oxygen atoms in total. The zero-order valence-electron chi connectivity index (χ0n) is 10.3. The summed E-state index contributed by atoms with van der Waals surface area (Å²) in [5.41, 5.74) is 1.96. The van der Waals surface area contributed by atoms with Crippen molar-refractivity contribution in [3.8, 4) is 0 Å². The number of benzene rings is 1.